The Morgan fingerprint density at radius 3 is 3.00 bits per heavy atom. The van der Waals surface area contributed by atoms with Crippen LogP contribution in [0.15, 0.2) is 39.8 Å². The number of nitrogens with zero attached hydrogens (tertiary/aromatic N) is 4. The molecule has 0 radical (unpaired) electrons. The lowest BCUT2D eigenvalue weighted by molar-refractivity contribution is 0.0620. The van der Waals surface area contributed by atoms with Crippen molar-refractivity contribution in [3.63, 3.8) is 0 Å². The van der Waals surface area contributed by atoms with Crippen molar-refractivity contribution in [2.24, 2.45) is 0 Å². The summed E-state index contributed by atoms with van der Waals surface area (Å²) in [7, 11) is 0. The largest absolute Gasteiger partial charge is 0.438 e. The fourth-order valence-electron chi connectivity index (χ4n) is 3.50. The van der Waals surface area contributed by atoms with Gasteiger partial charge in [-0.1, -0.05) is 17.7 Å². The normalized spacial score (nSPS) is 16.6. The summed E-state index contributed by atoms with van der Waals surface area (Å²) in [5.41, 5.74) is 1.49. The molecule has 0 saturated carbocycles. The zero-order chi connectivity index (χ0) is 20.1. The molecular formula is C18H12ClF2N5O3. The fourth-order valence-corrected chi connectivity index (χ4v) is 3.70. The minimum absolute atomic E-state index is 0.174. The molecule has 1 N–H and O–H groups in total. The smallest absolute Gasteiger partial charge is 0.292 e. The number of carbonyl (C=O) groups is 1. The zero-order valence-electron chi connectivity index (χ0n) is 14.6. The molecule has 4 heterocycles. The van der Waals surface area contributed by atoms with Gasteiger partial charge in [0.25, 0.3) is 12.3 Å². The Hall–Kier alpha value is -3.27. The number of amides is 1. The lowest BCUT2D eigenvalue weighted by atomic mass is 10.0. The fraction of sp³-hybridized carbons (Fsp3) is 0.222. The number of H-pyrrole nitrogens is 1. The number of benzene rings is 1. The molecule has 8 nitrogen and oxygen atoms in total. The van der Waals surface area contributed by atoms with E-state index in [-0.39, 0.29) is 12.4 Å². The molecule has 1 atom stereocenters. The Morgan fingerprint density at radius 2 is 2.21 bits per heavy atom. The molecular weight excluding hydrogens is 408 g/mol. The molecule has 11 heteroatoms. The Kier molecular flexibility index (Phi) is 4.09. The minimum atomic E-state index is -2.94. The maximum Gasteiger partial charge on any atom is 0.292 e. The summed E-state index contributed by atoms with van der Waals surface area (Å²) in [6.45, 7) is 0.217. The van der Waals surface area contributed by atoms with E-state index in [0.29, 0.717) is 28.2 Å². The highest BCUT2D eigenvalue weighted by atomic mass is 35.5. The molecule has 0 unspecified atom stereocenters. The maximum atomic E-state index is 13.2. The van der Waals surface area contributed by atoms with Crippen molar-refractivity contribution >= 4 is 28.6 Å². The molecule has 0 fully saturated rings. The Bertz CT molecular complexity index is 1220. The van der Waals surface area contributed by atoms with Crippen molar-refractivity contribution in [3.8, 4) is 0 Å². The second-order valence-corrected chi connectivity index (χ2v) is 6.83. The third-order valence-corrected chi connectivity index (χ3v) is 5.10. The Labute approximate surface area is 166 Å². The number of hydrogen-bond donors (Lipinski definition) is 1. The maximum absolute atomic E-state index is 13.2. The predicted octanol–water partition coefficient (Wildman–Crippen LogP) is 3.92. The predicted molar refractivity (Wildman–Crippen MR) is 95.7 cm³/mol. The first-order chi connectivity index (χ1) is 14.0. The van der Waals surface area contributed by atoms with E-state index < -0.39 is 29.8 Å². The molecule has 0 bridgehead atoms. The highest BCUT2D eigenvalue weighted by molar-refractivity contribution is 6.34. The van der Waals surface area contributed by atoms with Gasteiger partial charge in [-0.2, -0.15) is 0 Å². The summed E-state index contributed by atoms with van der Waals surface area (Å²) in [5, 5.41) is 0.368. The van der Waals surface area contributed by atoms with Gasteiger partial charge in [0.1, 0.15) is 5.52 Å². The monoisotopic (exact) mass is 419 g/mol. The standard InChI is InChI=1S/C18H12ClF2N5O3/c19-8-2-1-3-10-14(8)29-17(25-10)13-11-9(22-6-23-11)4-5-26(13)18(27)15-12(16(20)21)24-7-28-15/h1-3,6-7,13,16H,4-5H2,(H,22,23)/t13-/m0/s1. The number of fused-ring (bicyclic) bond motifs is 2. The van der Waals surface area contributed by atoms with E-state index in [1.54, 1.807) is 18.2 Å². The topological polar surface area (TPSA) is 101 Å². The highest BCUT2D eigenvalue weighted by Crippen LogP contribution is 2.37. The zero-order valence-corrected chi connectivity index (χ0v) is 15.4. The SMILES string of the molecule is O=C(c1ocnc1C(F)F)N1CCc2[nH]cnc2[C@H]1c1nc2cccc(Cl)c2o1. The van der Waals surface area contributed by atoms with E-state index in [4.69, 9.17) is 20.4 Å². The molecule has 0 spiro atoms. The second kappa shape index (κ2) is 6.66. The number of alkyl halides is 2. The third-order valence-electron chi connectivity index (χ3n) is 4.80. The average molecular weight is 420 g/mol. The van der Waals surface area contributed by atoms with Crippen molar-refractivity contribution in [2.75, 3.05) is 6.54 Å². The number of nitrogens with one attached hydrogen (secondary N) is 1. The summed E-state index contributed by atoms with van der Waals surface area (Å²) < 4.78 is 37.3. The van der Waals surface area contributed by atoms with Crippen LogP contribution in [0.5, 0.6) is 0 Å². The van der Waals surface area contributed by atoms with Crippen molar-refractivity contribution in [1.29, 1.82) is 0 Å². The van der Waals surface area contributed by atoms with Gasteiger partial charge in [0.15, 0.2) is 23.7 Å². The second-order valence-electron chi connectivity index (χ2n) is 6.43. The number of rotatable bonds is 3. The van der Waals surface area contributed by atoms with E-state index >= 15 is 0 Å². The highest BCUT2D eigenvalue weighted by Gasteiger charge is 2.40. The van der Waals surface area contributed by atoms with E-state index in [1.807, 2.05) is 0 Å². The van der Waals surface area contributed by atoms with E-state index in [0.717, 1.165) is 12.1 Å². The van der Waals surface area contributed by atoms with E-state index in [1.165, 1.54) is 11.2 Å². The Balaban J connectivity index is 1.63. The van der Waals surface area contributed by atoms with Crippen LogP contribution in [0.4, 0.5) is 8.78 Å². The number of halogens is 3. The Morgan fingerprint density at radius 1 is 1.34 bits per heavy atom. The van der Waals surface area contributed by atoms with Crippen LogP contribution in [0, 0.1) is 0 Å². The summed E-state index contributed by atoms with van der Waals surface area (Å²) in [6.07, 6.45) is -0.163. The van der Waals surface area contributed by atoms with Gasteiger partial charge in [-0.05, 0) is 12.1 Å². The van der Waals surface area contributed by atoms with Crippen LogP contribution in [-0.4, -0.2) is 37.3 Å². The van der Waals surface area contributed by atoms with Crippen molar-refractivity contribution < 1.29 is 22.4 Å². The molecule has 0 saturated heterocycles. The summed E-state index contributed by atoms with van der Waals surface area (Å²) in [6, 6.07) is 4.27. The van der Waals surface area contributed by atoms with Gasteiger partial charge in [-0.15, -0.1) is 0 Å². The molecule has 29 heavy (non-hydrogen) atoms. The first kappa shape index (κ1) is 17.8. The number of para-hydroxylation sites is 1. The molecule has 1 aromatic carbocycles. The van der Waals surface area contributed by atoms with Crippen LogP contribution >= 0.6 is 11.6 Å². The molecule has 1 aliphatic rings. The number of oxazole rings is 2. The molecule has 148 valence electrons. The van der Waals surface area contributed by atoms with Crippen LogP contribution < -0.4 is 0 Å². The molecule has 1 aliphatic heterocycles. The number of carbonyl (C=O) groups excluding carboxylic acids is 1. The van der Waals surface area contributed by atoms with Gasteiger partial charge in [-0.3, -0.25) is 4.79 Å². The lowest BCUT2D eigenvalue weighted by Crippen LogP contribution is -2.41. The molecule has 5 rings (SSSR count). The van der Waals surface area contributed by atoms with E-state index in [2.05, 4.69) is 19.9 Å². The first-order valence-corrected chi connectivity index (χ1v) is 9.02. The number of imidazole rings is 1. The first-order valence-electron chi connectivity index (χ1n) is 8.64. The minimum Gasteiger partial charge on any atom is -0.438 e. The molecule has 0 aliphatic carbocycles. The third kappa shape index (κ3) is 2.79. The van der Waals surface area contributed by atoms with E-state index in [9.17, 15) is 13.6 Å². The summed E-state index contributed by atoms with van der Waals surface area (Å²) in [4.78, 5) is 29.7. The number of aromatic nitrogens is 4. The van der Waals surface area contributed by atoms with Crippen LogP contribution in [0.25, 0.3) is 11.1 Å². The molecule has 3 aromatic heterocycles. The van der Waals surface area contributed by atoms with Gasteiger partial charge in [-0.25, -0.2) is 23.7 Å². The number of hydrogen-bond acceptors (Lipinski definition) is 6. The lowest BCUT2D eigenvalue weighted by Gasteiger charge is -2.32. The van der Waals surface area contributed by atoms with Gasteiger partial charge in [0, 0.05) is 18.7 Å². The van der Waals surface area contributed by atoms with Crippen LogP contribution in [-0.2, 0) is 6.42 Å². The van der Waals surface area contributed by atoms with Gasteiger partial charge >= 0.3 is 0 Å². The average Bonchev–Trinajstić information content (AvgIpc) is 3.44. The summed E-state index contributed by atoms with van der Waals surface area (Å²) >= 11 is 6.18. The number of aromatic amines is 1. The van der Waals surface area contributed by atoms with Crippen molar-refractivity contribution in [3.05, 3.63) is 64.7 Å². The van der Waals surface area contributed by atoms with Crippen molar-refractivity contribution in [1.82, 2.24) is 24.8 Å². The van der Waals surface area contributed by atoms with Gasteiger partial charge in [0.05, 0.1) is 17.0 Å². The summed E-state index contributed by atoms with van der Waals surface area (Å²) in [5.74, 6) is -1.09. The van der Waals surface area contributed by atoms with Crippen LogP contribution in [0.2, 0.25) is 5.02 Å². The quantitative estimate of drug-likeness (QED) is 0.540. The van der Waals surface area contributed by atoms with Crippen LogP contribution in [0.1, 0.15) is 46.0 Å². The van der Waals surface area contributed by atoms with Gasteiger partial charge < -0.3 is 18.7 Å². The molecule has 4 aromatic rings. The van der Waals surface area contributed by atoms with Gasteiger partial charge in [0.2, 0.25) is 11.7 Å². The van der Waals surface area contributed by atoms with Crippen molar-refractivity contribution in [2.45, 2.75) is 18.9 Å². The van der Waals surface area contributed by atoms with Crippen LogP contribution in [0.3, 0.4) is 0 Å². The molecule has 1 amide bonds.